The molecular weight excluding hydrogens is 214 g/mol. The minimum absolute atomic E-state index is 0.0417. The Morgan fingerprint density at radius 2 is 1.33 bits per heavy atom. The van der Waals surface area contributed by atoms with Crippen molar-refractivity contribution >= 4 is 24.4 Å². The summed E-state index contributed by atoms with van der Waals surface area (Å²) in [6.45, 7) is 0. The zero-order valence-electron chi connectivity index (χ0n) is 5.42. The first-order valence-corrected chi connectivity index (χ1v) is 8.33. The van der Waals surface area contributed by atoms with Crippen LogP contribution in [0, 0.1) is 0 Å². The van der Waals surface area contributed by atoms with Crippen molar-refractivity contribution in [2.24, 2.45) is 0 Å². The van der Waals surface area contributed by atoms with Gasteiger partial charge in [0.15, 0.2) is 0 Å². The Bertz CT molecular complexity index is 130. The van der Waals surface area contributed by atoms with Gasteiger partial charge in [-0.1, -0.05) is 0 Å². The summed E-state index contributed by atoms with van der Waals surface area (Å²) in [6.07, 6.45) is 0. The Kier molecular flexibility index (Phi) is 6.93. The van der Waals surface area contributed by atoms with Crippen LogP contribution < -0.4 is 0 Å². The van der Waals surface area contributed by atoms with Gasteiger partial charge in [0.25, 0.3) is 10.5 Å². The zero-order valence-corrected chi connectivity index (χ0v) is 7.95. The molecule has 0 amide bonds. The van der Waals surface area contributed by atoms with E-state index >= 15 is 0 Å². The van der Waals surface area contributed by atoms with E-state index in [1.807, 2.05) is 0 Å². The van der Waals surface area contributed by atoms with Gasteiger partial charge in [-0.3, -0.25) is 0 Å². The van der Waals surface area contributed by atoms with Crippen LogP contribution in [-0.2, 0) is 10.5 Å². The minimum atomic E-state index is -5.42. The average molecular weight is 223 g/mol. The van der Waals surface area contributed by atoms with Crippen molar-refractivity contribution in [2.75, 3.05) is 0 Å². The Morgan fingerprint density at radius 3 is 1.33 bits per heavy atom. The SMILES string of the molecule is C[Se+](C)C.O=S(=O)([O-])F. The third kappa shape index (κ3) is 2620. The van der Waals surface area contributed by atoms with Gasteiger partial charge in [0.2, 0.25) is 0 Å². The molecule has 0 radical (unpaired) electrons. The predicted molar refractivity (Wildman–Crippen MR) is 34.2 cm³/mol. The Hall–Kier alpha value is 0.359. The van der Waals surface area contributed by atoms with Crippen LogP contribution in [0.1, 0.15) is 0 Å². The molecule has 0 aliphatic carbocycles. The van der Waals surface area contributed by atoms with Gasteiger partial charge in [-0.05, 0) is 0 Å². The Morgan fingerprint density at radius 1 is 1.33 bits per heavy atom. The van der Waals surface area contributed by atoms with Gasteiger partial charge in [-0.15, -0.1) is 3.89 Å². The molecule has 0 aliphatic heterocycles. The van der Waals surface area contributed by atoms with E-state index in [9.17, 15) is 3.89 Å². The van der Waals surface area contributed by atoms with Gasteiger partial charge in [0.05, 0.1) is 0 Å². The van der Waals surface area contributed by atoms with Crippen molar-refractivity contribution in [3.05, 3.63) is 0 Å². The first-order valence-electron chi connectivity index (χ1n) is 1.88. The molecule has 0 rings (SSSR count). The second-order valence-electron chi connectivity index (χ2n) is 1.62. The van der Waals surface area contributed by atoms with Crippen LogP contribution in [0.3, 0.4) is 0 Å². The summed E-state index contributed by atoms with van der Waals surface area (Å²) in [6, 6.07) is 0. The number of rotatable bonds is 0. The third-order valence-corrected chi connectivity index (χ3v) is 0. The molecule has 9 heavy (non-hydrogen) atoms. The van der Waals surface area contributed by atoms with Crippen molar-refractivity contribution in [1.29, 1.82) is 0 Å². The maximum absolute atomic E-state index is 10.1. The molecule has 0 unspecified atom stereocenters. The molecule has 0 aromatic carbocycles. The molecule has 0 aliphatic rings. The topological polar surface area (TPSA) is 57.2 Å². The Balaban J connectivity index is 0. The maximum atomic E-state index is 10.1. The van der Waals surface area contributed by atoms with Crippen LogP contribution in [0.15, 0.2) is 0 Å². The van der Waals surface area contributed by atoms with Crippen LogP contribution in [0.4, 0.5) is 3.89 Å². The number of hydrogen-bond donors (Lipinski definition) is 0. The standard InChI is InChI=1S/C3H9Se.FHO3S/c1-4(2)3;1-5(2,3)4/h1-3H3;(H,2,3,4)/q+1;/p-1. The van der Waals surface area contributed by atoms with E-state index in [-0.39, 0.29) is 13.9 Å². The van der Waals surface area contributed by atoms with E-state index in [2.05, 4.69) is 17.5 Å². The fraction of sp³-hybridized carbons (Fsp3) is 1.00. The summed E-state index contributed by atoms with van der Waals surface area (Å²) < 4.78 is 35.3. The first-order chi connectivity index (χ1) is 3.73. The van der Waals surface area contributed by atoms with Crippen LogP contribution in [0.5, 0.6) is 0 Å². The van der Waals surface area contributed by atoms with Crippen molar-refractivity contribution in [1.82, 2.24) is 0 Å². The van der Waals surface area contributed by atoms with Gasteiger partial charge < -0.3 is 4.55 Å². The van der Waals surface area contributed by atoms with E-state index in [0.717, 1.165) is 0 Å². The quantitative estimate of drug-likeness (QED) is 0.346. The summed E-state index contributed by atoms with van der Waals surface area (Å²) in [5.74, 6) is 6.88. The van der Waals surface area contributed by atoms with E-state index in [0.29, 0.717) is 0 Å². The zero-order chi connectivity index (χ0) is 8.08. The molecule has 0 aromatic heterocycles. The molecule has 0 saturated carbocycles. The van der Waals surface area contributed by atoms with Gasteiger partial charge in [-0.2, -0.15) is 0 Å². The van der Waals surface area contributed by atoms with Gasteiger partial charge in [-0.25, -0.2) is 8.42 Å². The van der Waals surface area contributed by atoms with Crippen LogP contribution in [0.2, 0.25) is 17.5 Å². The largest absolute Gasteiger partial charge is 0.722 e. The molecule has 0 N–H and O–H groups in total. The van der Waals surface area contributed by atoms with E-state index in [1.165, 1.54) is 0 Å². The number of hydrogen-bond acceptors (Lipinski definition) is 3. The summed E-state index contributed by atoms with van der Waals surface area (Å²) in [7, 11) is -5.42. The fourth-order valence-corrected chi connectivity index (χ4v) is 0. The summed E-state index contributed by atoms with van der Waals surface area (Å²) >= 11 is -0.0417. The van der Waals surface area contributed by atoms with Crippen molar-refractivity contribution < 1.29 is 16.9 Å². The van der Waals surface area contributed by atoms with E-state index in [1.54, 1.807) is 0 Å². The Labute approximate surface area is 59.2 Å². The normalized spacial score (nSPS) is 10.4. The molecular formula is C3H9FO3SSe. The molecule has 0 spiro atoms. The second kappa shape index (κ2) is 5.17. The molecule has 0 aromatic rings. The van der Waals surface area contributed by atoms with E-state index in [4.69, 9.17) is 13.0 Å². The number of halogens is 1. The maximum Gasteiger partial charge on any atom is 0.255 e. The minimum Gasteiger partial charge on any atom is -0.722 e. The molecule has 0 saturated heterocycles. The molecule has 3 nitrogen and oxygen atoms in total. The molecule has 0 heterocycles. The molecule has 0 atom stereocenters. The summed E-state index contributed by atoms with van der Waals surface area (Å²) in [4.78, 5) is 0. The third-order valence-electron chi connectivity index (χ3n) is 0. The van der Waals surface area contributed by atoms with Gasteiger partial charge in [0.1, 0.15) is 0 Å². The second-order valence-corrected chi connectivity index (χ2v) is 7.54. The van der Waals surface area contributed by atoms with Crippen LogP contribution in [-0.4, -0.2) is 26.9 Å². The molecule has 6 heteroatoms. The monoisotopic (exact) mass is 224 g/mol. The van der Waals surface area contributed by atoms with E-state index < -0.39 is 10.5 Å². The average Bonchev–Trinajstić information content (AvgIpc) is 1.19. The molecule has 58 valence electrons. The first kappa shape index (κ1) is 12.1. The van der Waals surface area contributed by atoms with Gasteiger partial charge in [0, 0.05) is 0 Å². The summed E-state index contributed by atoms with van der Waals surface area (Å²) in [5.41, 5.74) is 0. The fourth-order valence-electron chi connectivity index (χ4n) is 0. The van der Waals surface area contributed by atoms with Crippen molar-refractivity contribution in [2.45, 2.75) is 17.5 Å². The van der Waals surface area contributed by atoms with Gasteiger partial charge >= 0.3 is 31.4 Å². The van der Waals surface area contributed by atoms with Crippen molar-refractivity contribution in [3.63, 3.8) is 0 Å². The predicted octanol–water partition coefficient (Wildman–Crippen LogP) is 0.787. The smallest absolute Gasteiger partial charge is 0.255 e. The van der Waals surface area contributed by atoms with Crippen LogP contribution >= 0.6 is 0 Å². The van der Waals surface area contributed by atoms with Crippen LogP contribution in [0.25, 0.3) is 0 Å². The molecule has 0 fully saturated rings. The molecule has 0 bridgehead atoms. The summed E-state index contributed by atoms with van der Waals surface area (Å²) in [5, 5.41) is 0. The van der Waals surface area contributed by atoms with Crippen molar-refractivity contribution in [3.8, 4) is 0 Å².